The van der Waals surface area contributed by atoms with E-state index in [-0.39, 0.29) is 18.9 Å². The first-order valence-corrected chi connectivity index (χ1v) is 7.35. The Morgan fingerprint density at radius 1 is 1.14 bits per heavy atom. The summed E-state index contributed by atoms with van der Waals surface area (Å²) in [4.78, 5) is 11.8. The number of carbonyl (C=O) groups excluding carboxylic acids is 1. The molecule has 0 aliphatic carbocycles. The molecule has 5 heteroatoms. The average molecular weight is 350 g/mol. The van der Waals surface area contributed by atoms with E-state index in [1.165, 1.54) is 0 Å². The van der Waals surface area contributed by atoms with Gasteiger partial charge in [-0.1, -0.05) is 34.1 Å². The molecule has 0 spiro atoms. The Hall–Kier alpha value is -1.85. The topological polar surface area (TPSA) is 58.6 Å². The maximum absolute atomic E-state index is 11.8. The molecule has 1 amide bonds. The summed E-state index contributed by atoms with van der Waals surface area (Å²) in [5.41, 5.74) is 1.33. The number of nitrogens with one attached hydrogen (secondary N) is 1. The maximum atomic E-state index is 11.8. The van der Waals surface area contributed by atoms with E-state index in [4.69, 9.17) is 4.74 Å². The molecular formula is C16H16BrNO3. The molecular weight excluding hydrogens is 334 g/mol. The zero-order valence-electron chi connectivity index (χ0n) is 11.4. The Balaban J connectivity index is 1.81. The van der Waals surface area contributed by atoms with Gasteiger partial charge in [0.1, 0.15) is 5.75 Å². The second kappa shape index (κ2) is 7.81. The molecule has 0 unspecified atom stereocenters. The fourth-order valence-electron chi connectivity index (χ4n) is 1.79. The van der Waals surface area contributed by atoms with E-state index in [1.54, 1.807) is 12.1 Å². The third-order valence-corrected chi connectivity index (χ3v) is 3.40. The lowest BCUT2D eigenvalue weighted by Gasteiger charge is -2.10. The minimum Gasteiger partial charge on any atom is -0.493 e. The minimum absolute atomic E-state index is 0.105. The summed E-state index contributed by atoms with van der Waals surface area (Å²) in [5.74, 6) is 0.578. The fraction of sp³-hybridized carbons (Fsp3) is 0.188. The molecule has 4 nitrogen and oxygen atoms in total. The molecule has 2 N–H and O–H groups in total. The summed E-state index contributed by atoms with van der Waals surface area (Å²) >= 11 is 3.35. The number of para-hydroxylation sites is 1. The predicted octanol–water partition coefficient (Wildman–Crippen LogP) is 3.35. The smallest absolute Gasteiger partial charge is 0.227 e. The van der Waals surface area contributed by atoms with Crippen molar-refractivity contribution in [2.75, 3.05) is 11.9 Å². The molecule has 0 atom stereocenters. The Bertz CT molecular complexity index is 599. The normalized spacial score (nSPS) is 10.2. The number of halogens is 1. The Labute approximate surface area is 131 Å². The average Bonchev–Trinajstić information content (AvgIpc) is 2.50. The largest absolute Gasteiger partial charge is 0.493 e. The molecule has 2 aromatic rings. The SMILES string of the molecule is O=C(CCOc1ccc(Br)cc1)Nc1ccccc1CO. The standard InChI is InChI=1S/C16H16BrNO3/c17-13-5-7-14(8-6-13)21-10-9-16(20)18-15-4-2-1-3-12(15)11-19/h1-8,19H,9-11H2,(H,18,20). The zero-order chi connectivity index (χ0) is 15.1. The first-order valence-electron chi connectivity index (χ1n) is 6.56. The van der Waals surface area contributed by atoms with E-state index in [2.05, 4.69) is 21.2 Å². The van der Waals surface area contributed by atoms with Crippen LogP contribution in [-0.4, -0.2) is 17.6 Å². The maximum Gasteiger partial charge on any atom is 0.227 e. The van der Waals surface area contributed by atoms with Crippen LogP contribution in [0.25, 0.3) is 0 Å². The van der Waals surface area contributed by atoms with Gasteiger partial charge in [0.2, 0.25) is 5.91 Å². The van der Waals surface area contributed by atoms with E-state index in [1.807, 2.05) is 36.4 Å². The van der Waals surface area contributed by atoms with Crippen molar-refractivity contribution in [1.82, 2.24) is 0 Å². The zero-order valence-corrected chi connectivity index (χ0v) is 13.0. The van der Waals surface area contributed by atoms with Gasteiger partial charge in [-0.25, -0.2) is 0 Å². The van der Waals surface area contributed by atoms with Crippen LogP contribution in [0.15, 0.2) is 53.0 Å². The lowest BCUT2D eigenvalue weighted by Crippen LogP contribution is -2.16. The second-order valence-corrected chi connectivity index (χ2v) is 5.33. The molecule has 0 bridgehead atoms. The van der Waals surface area contributed by atoms with Crippen LogP contribution in [0, 0.1) is 0 Å². The third-order valence-electron chi connectivity index (χ3n) is 2.87. The van der Waals surface area contributed by atoms with Crippen LogP contribution in [-0.2, 0) is 11.4 Å². The van der Waals surface area contributed by atoms with Crippen LogP contribution in [0.2, 0.25) is 0 Å². The predicted molar refractivity (Wildman–Crippen MR) is 85.2 cm³/mol. The van der Waals surface area contributed by atoms with Crippen molar-refractivity contribution in [3.63, 3.8) is 0 Å². The number of benzene rings is 2. The number of rotatable bonds is 6. The molecule has 110 valence electrons. The Morgan fingerprint density at radius 3 is 2.57 bits per heavy atom. The van der Waals surface area contributed by atoms with Crippen LogP contribution in [0.5, 0.6) is 5.75 Å². The van der Waals surface area contributed by atoms with E-state index in [0.29, 0.717) is 17.9 Å². The molecule has 0 saturated carbocycles. The van der Waals surface area contributed by atoms with E-state index < -0.39 is 0 Å². The number of aliphatic hydroxyl groups is 1. The van der Waals surface area contributed by atoms with E-state index >= 15 is 0 Å². The molecule has 0 aromatic heterocycles. The summed E-state index contributed by atoms with van der Waals surface area (Å²) in [6.07, 6.45) is 0.246. The van der Waals surface area contributed by atoms with Gasteiger partial charge >= 0.3 is 0 Å². The van der Waals surface area contributed by atoms with Crippen LogP contribution in [0.3, 0.4) is 0 Å². The number of carbonyl (C=O) groups is 1. The Morgan fingerprint density at radius 2 is 1.86 bits per heavy atom. The summed E-state index contributed by atoms with van der Waals surface area (Å²) in [7, 11) is 0. The highest BCUT2D eigenvalue weighted by Crippen LogP contribution is 2.17. The van der Waals surface area contributed by atoms with Crippen molar-refractivity contribution in [3.05, 3.63) is 58.6 Å². The van der Waals surface area contributed by atoms with Gasteiger partial charge in [-0.2, -0.15) is 0 Å². The van der Waals surface area contributed by atoms with Gasteiger partial charge in [-0.3, -0.25) is 4.79 Å². The van der Waals surface area contributed by atoms with Gasteiger partial charge in [-0.15, -0.1) is 0 Å². The monoisotopic (exact) mass is 349 g/mol. The Kier molecular flexibility index (Phi) is 5.78. The summed E-state index contributed by atoms with van der Waals surface area (Å²) in [6, 6.07) is 14.6. The van der Waals surface area contributed by atoms with Crippen LogP contribution in [0.1, 0.15) is 12.0 Å². The number of amides is 1. The summed E-state index contributed by atoms with van der Waals surface area (Å²) in [5, 5.41) is 12.0. The number of hydrogen-bond acceptors (Lipinski definition) is 3. The molecule has 0 radical (unpaired) electrons. The van der Waals surface area contributed by atoms with Crippen molar-refractivity contribution in [2.45, 2.75) is 13.0 Å². The van der Waals surface area contributed by atoms with Crippen molar-refractivity contribution >= 4 is 27.5 Å². The van der Waals surface area contributed by atoms with Crippen molar-refractivity contribution in [3.8, 4) is 5.75 Å². The quantitative estimate of drug-likeness (QED) is 0.840. The number of aliphatic hydroxyl groups excluding tert-OH is 1. The highest BCUT2D eigenvalue weighted by molar-refractivity contribution is 9.10. The van der Waals surface area contributed by atoms with Crippen LogP contribution in [0.4, 0.5) is 5.69 Å². The molecule has 0 saturated heterocycles. The highest BCUT2D eigenvalue weighted by atomic mass is 79.9. The first-order chi connectivity index (χ1) is 10.2. The molecule has 0 fully saturated rings. The minimum atomic E-state index is -0.145. The summed E-state index contributed by atoms with van der Waals surface area (Å²) in [6.45, 7) is 0.195. The van der Waals surface area contributed by atoms with E-state index in [0.717, 1.165) is 10.2 Å². The number of anilines is 1. The highest BCUT2D eigenvalue weighted by Gasteiger charge is 2.06. The van der Waals surface area contributed by atoms with Crippen LogP contribution >= 0.6 is 15.9 Å². The molecule has 2 aromatic carbocycles. The molecule has 0 aliphatic rings. The molecule has 0 aliphatic heterocycles. The lowest BCUT2D eigenvalue weighted by atomic mass is 10.2. The van der Waals surface area contributed by atoms with Crippen molar-refractivity contribution in [2.24, 2.45) is 0 Å². The van der Waals surface area contributed by atoms with Gasteiger partial charge in [0.25, 0.3) is 0 Å². The number of ether oxygens (including phenoxy) is 1. The van der Waals surface area contributed by atoms with Gasteiger partial charge in [0.05, 0.1) is 19.6 Å². The van der Waals surface area contributed by atoms with Crippen molar-refractivity contribution in [1.29, 1.82) is 0 Å². The molecule has 0 heterocycles. The molecule has 2 rings (SSSR count). The van der Waals surface area contributed by atoms with Crippen molar-refractivity contribution < 1.29 is 14.6 Å². The van der Waals surface area contributed by atoms with Gasteiger partial charge in [0.15, 0.2) is 0 Å². The van der Waals surface area contributed by atoms with E-state index in [9.17, 15) is 9.90 Å². The third kappa shape index (κ3) is 4.88. The summed E-state index contributed by atoms with van der Waals surface area (Å²) < 4.78 is 6.47. The van der Waals surface area contributed by atoms with Gasteiger partial charge in [0, 0.05) is 15.7 Å². The number of hydrogen-bond donors (Lipinski definition) is 2. The second-order valence-electron chi connectivity index (χ2n) is 4.42. The van der Waals surface area contributed by atoms with Crippen LogP contribution < -0.4 is 10.1 Å². The first kappa shape index (κ1) is 15.5. The van der Waals surface area contributed by atoms with Gasteiger partial charge < -0.3 is 15.2 Å². The lowest BCUT2D eigenvalue weighted by molar-refractivity contribution is -0.116. The van der Waals surface area contributed by atoms with Gasteiger partial charge in [-0.05, 0) is 30.3 Å². The fourth-order valence-corrected chi connectivity index (χ4v) is 2.05. The molecule has 21 heavy (non-hydrogen) atoms.